The quantitative estimate of drug-likeness (QED) is 0.647. The molecule has 0 saturated carbocycles. The highest BCUT2D eigenvalue weighted by Crippen LogP contribution is 2.15. The third kappa shape index (κ3) is 0.922. The van der Waals surface area contributed by atoms with Crippen molar-refractivity contribution in [1.29, 1.82) is 0 Å². The predicted octanol–water partition coefficient (Wildman–Crippen LogP) is 1.57. The number of aryl methyl sites for hydroxylation is 1. The van der Waals surface area contributed by atoms with Crippen molar-refractivity contribution in [2.75, 3.05) is 0 Å². The second-order valence-electron chi connectivity index (χ2n) is 2.63. The van der Waals surface area contributed by atoms with Crippen molar-refractivity contribution in [3.8, 4) is 0 Å². The molecule has 0 fully saturated rings. The van der Waals surface area contributed by atoms with Crippen LogP contribution >= 0.6 is 0 Å². The largest absolute Gasteiger partial charge is 0.417 e. The highest BCUT2D eigenvalue weighted by molar-refractivity contribution is 5.73. The zero-order valence-corrected chi connectivity index (χ0v) is 6.35. The topological polar surface area (TPSA) is 46.0 Å². The molecular weight excluding hydrogens is 161 g/mol. The van der Waals surface area contributed by atoms with E-state index in [-0.39, 0.29) is 11.1 Å². The molecule has 62 valence electrons. The minimum atomic E-state index is -0.630. The van der Waals surface area contributed by atoms with Crippen LogP contribution in [0.1, 0.15) is 5.56 Å². The molecule has 0 saturated heterocycles. The Kier molecular flexibility index (Phi) is 1.30. The molecule has 12 heavy (non-hydrogen) atoms. The normalized spacial score (nSPS) is 10.8. The van der Waals surface area contributed by atoms with Crippen LogP contribution in [0, 0.1) is 12.7 Å². The molecule has 0 aliphatic heterocycles. The average molecular weight is 167 g/mol. The minimum Gasteiger partial charge on any atom is -0.408 e. The summed E-state index contributed by atoms with van der Waals surface area (Å²) >= 11 is 0. The summed E-state index contributed by atoms with van der Waals surface area (Å²) in [6.45, 7) is 1.73. The van der Waals surface area contributed by atoms with Gasteiger partial charge in [-0.3, -0.25) is 4.98 Å². The summed E-state index contributed by atoms with van der Waals surface area (Å²) in [7, 11) is 0. The van der Waals surface area contributed by atoms with Crippen LogP contribution in [-0.4, -0.2) is 4.98 Å². The molecule has 1 aromatic carbocycles. The summed E-state index contributed by atoms with van der Waals surface area (Å²) in [6, 6.07) is 2.95. The van der Waals surface area contributed by atoms with Gasteiger partial charge in [0.05, 0.1) is 0 Å². The average Bonchev–Trinajstić information content (AvgIpc) is 2.29. The number of fused-ring (bicyclic) bond motifs is 1. The fraction of sp³-hybridized carbons (Fsp3) is 0.125. The fourth-order valence-corrected chi connectivity index (χ4v) is 1.14. The van der Waals surface area contributed by atoms with Gasteiger partial charge in [0.2, 0.25) is 0 Å². The first kappa shape index (κ1) is 7.09. The number of hydrogen-bond acceptors (Lipinski definition) is 2. The van der Waals surface area contributed by atoms with Gasteiger partial charge < -0.3 is 4.42 Å². The zero-order chi connectivity index (χ0) is 8.72. The summed E-state index contributed by atoms with van der Waals surface area (Å²) < 4.78 is 17.7. The molecule has 0 unspecified atom stereocenters. The van der Waals surface area contributed by atoms with Gasteiger partial charge in [-0.1, -0.05) is 0 Å². The van der Waals surface area contributed by atoms with Crippen LogP contribution in [-0.2, 0) is 0 Å². The van der Waals surface area contributed by atoms with Crippen molar-refractivity contribution in [2.24, 2.45) is 0 Å². The molecule has 0 aliphatic rings. The highest BCUT2D eigenvalue weighted by Gasteiger charge is 2.06. The Morgan fingerprint density at radius 1 is 1.50 bits per heavy atom. The Balaban J connectivity index is 2.97. The lowest BCUT2D eigenvalue weighted by Crippen LogP contribution is -1.93. The van der Waals surface area contributed by atoms with Gasteiger partial charge in [0.25, 0.3) is 0 Å². The molecule has 2 aromatic rings. The predicted molar refractivity (Wildman–Crippen MR) is 41.5 cm³/mol. The van der Waals surface area contributed by atoms with Crippen molar-refractivity contribution >= 4 is 11.1 Å². The number of nitrogens with one attached hydrogen (secondary N) is 1. The van der Waals surface area contributed by atoms with Crippen LogP contribution in [0.25, 0.3) is 11.1 Å². The van der Waals surface area contributed by atoms with Crippen molar-refractivity contribution in [1.82, 2.24) is 4.98 Å². The van der Waals surface area contributed by atoms with Gasteiger partial charge in [0.1, 0.15) is 5.52 Å². The molecular formula is C8H6FNO2. The molecule has 4 heteroatoms. The van der Waals surface area contributed by atoms with E-state index in [4.69, 9.17) is 0 Å². The third-order valence-corrected chi connectivity index (χ3v) is 1.63. The van der Waals surface area contributed by atoms with Gasteiger partial charge in [-0.25, -0.2) is 9.18 Å². The third-order valence-electron chi connectivity index (χ3n) is 1.63. The van der Waals surface area contributed by atoms with Crippen LogP contribution in [0.4, 0.5) is 4.39 Å². The van der Waals surface area contributed by atoms with Gasteiger partial charge >= 0.3 is 5.76 Å². The number of oxazole rings is 1. The zero-order valence-electron chi connectivity index (χ0n) is 6.35. The van der Waals surface area contributed by atoms with Gasteiger partial charge in [0.15, 0.2) is 11.4 Å². The molecule has 0 radical (unpaired) electrons. The molecule has 1 N–H and O–H groups in total. The maximum atomic E-state index is 13.0. The molecule has 3 nitrogen and oxygen atoms in total. The fourth-order valence-electron chi connectivity index (χ4n) is 1.14. The van der Waals surface area contributed by atoms with E-state index in [0.29, 0.717) is 0 Å². The monoisotopic (exact) mass is 167 g/mol. The Labute approximate surface area is 66.8 Å². The van der Waals surface area contributed by atoms with E-state index in [1.54, 1.807) is 13.0 Å². The Hall–Kier alpha value is -1.58. The molecule has 0 spiro atoms. The van der Waals surface area contributed by atoms with Gasteiger partial charge in [-0.05, 0) is 24.6 Å². The summed E-state index contributed by atoms with van der Waals surface area (Å²) in [6.07, 6.45) is 0. The first-order chi connectivity index (χ1) is 5.66. The van der Waals surface area contributed by atoms with Crippen LogP contribution in [0.15, 0.2) is 21.3 Å². The van der Waals surface area contributed by atoms with Crippen LogP contribution in [0.2, 0.25) is 0 Å². The van der Waals surface area contributed by atoms with Crippen LogP contribution in [0.5, 0.6) is 0 Å². The SMILES string of the molecule is Cc1cc(F)c2[nH]c(=O)oc2c1. The standard InChI is InChI=1S/C8H6FNO2/c1-4-2-5(9)7-6(3-4)12-8(11)10-7/h2-3H,1H3,(H,10,11). The Morgan fingerprint density at radius 3 is 3.00 bits per heavy atom. The van der Waals surface area contributed by atoms with Crippen molar-refractivity contribution in [3.63, 3.8) is 0 Å². The number of aromatic amines is 1. The second-order valence-corrected chi connectivity index (χ2v) is 2.63. The van der Waals surface area contributed by atoms with E-state index in [9.17, 15) is 9.18 Å². The van der Waals surface area contributed by atoms with Crippen LogP contribution in [0.3, 0.4) is 0 Å². The summed E-state index contributed by atoms with van der Waals surface area (Å²) in [5, 5.41) is 0. The molecule has 0 amide bonds. The van der Waals surface area contributed by atoms with E-state index in [2.05, 4.69) is 9.40 Å². The van der Waals surface area contributed by atoms with Crippen LogP contribution < -0.4 is 5.76 Å². The van der Waals surface area contributed by atoms with E-state index in [1.165, 1.54) is 6.07 Å². The van der Waals surface area contributed by atoms with Gasteiger partial charge in [-0.15, -0.1) is 0 Å². The minimum absolute atomic E-state index is 0.130. The van der Waals surface area contributed by atoms with E-state index >= 15 is 0 Å². The highest BCUT2D eigenvalue weighted by atomic mass is 19.1. The number of rotatable bonds is 0. The smallest absolute Gasteiger partial charge is 0.408 e. The van der Waals surface area contributed by atoms with Crippen molar-refractivity contribution < 1.29 is 8.81 Å². The molecule has 1 aromatic heterocycles. The number of benzene rings is 1. The number of aromatic nitrogens is 1. The first-order valence-electron chi connectivity index (χ1n) is 3.46. The lowest BCUT2D eigenvalue weighted by atomic mass is 10.2. The Morgan fingerprint density at radius 2 is 2.25 bits per heavy atom. The molecule has 0 atom stereocenters. The molecule has 0 aliphatic carbocycles. The maximum Gasteiger partial charge on any atom is 0.417 e. The molecule has 0 bridgehead atoms. The summed E-state index contributed by atoms with van der Waals surface area (Å²) in [5.41, 5.74) is 1.12. The molecule has 1 heterocycles. The van der Waals surface area contributed by atoms with Crippen molar-refractivity contribution in [3.05, 3.63) is 34.1 Å². The number of H-pyrrole nitrogens is 1. The number of hydrogen-bond donors (Lipinski definition) is 1. The Bertz CT molecular complexity index is 483. The van der Waals surface area contributed by atoms with E-state index < -0.39 is 11.6 Å². The summed E-state index contributed by atoms with van der Waals surface area (Å²) in [4.78, 5) is 12.9. The second kappa shape index (κ2) is 2.20. The lowest BCUT2D eigenvalue weighted by Gasteiger charge is -1.92. The van der Waals surface area contributed by atoms with Gasteiger partial charge in [0, 0.05) is 0 Å². The maximum absolute atomic E-state index is 13.0. The van der Waals surface area contributed by atoms with Gasteiger partial charge in [-0.2, -0.15) is 0 Å². The number of halogens is 1. The van der Waals surface area contributed by atoms with Crippen molar-refractivity contribution in [2.45, 2.75) is 6.92 Å². The summed E-state index contributed by atoms with van der Waals surface area (Å²) in [5.74, 6) is -1.09. The van der Waals surface area contributed by atoms with E-state index in [1.807, 2.05) is 0 Å². The molecule has 2 rings (SSSR count). The lowest BCUT2D eigenvalue weighted by molar-refractivity contribution is 0.555. The first-order valence-corrected chi connectivity index (χ1v) is 3.46. The van der Waals surface area contributed by atoms with E-state index in [0.717, 1.165) is 5.56 Å².